The van der Waals surface area contributed by atoms with Crippen LogP contribution in [0.15, 0.2) is 12.1 Å². The Morgan fingerprint density at radius 3 is 2.29 bits per heavy atom. The van der Waals surface area contributed by atoms with E-state index in [1.54, 1.807) is 7.11 Å². The Balaban J connectivity index is 3.19. The molecule has 0 aliphatic heterocycles. The van der Waals surface area contributed by atoms with Gasteiger partial charge in [-0.05, 0) is 48.6 Å². The standard InChI is InChI=1S/C14H24N2O/c1-9-7-12(17-5)10(2)6-11(9)13(16)14(3,4)8-15/h6-7,13H,8,15-16H2,1-5H3. The van der Waals surface area contributed by atoms with E-state index in [0.717, 1.165) is 22.4 Å². The number of hydrogen-bond acceptors (Lipinski definition) is 3. The summed E-state index contributed by atoms with van der Waals surface area (Å²) in [5.74, 6) is 0.906. The van der Waals surface area contributed by atoms with Crippen LogP contribution in [0.5, 0.6) is 5.75 Å². The second-order valence-electron chi connectivity index (χ2n) is 5.35. The number of rotatable bonds is 4. The molecule has 0 aliphatic carbocycles. The van der Waals surface area contributed by atoms with Gasteiger partial charge in [0.15, 0.2) is 0 Å². The topological polar surface area (TPSA) is 61.3 Å². The monoisotopic (exact) mass is 236 g/mol. The molecule has 1 rings (SSSR count). The minimum atomic E-state index is -0.105. The van der Waals surface area contributed by atoms with Crippen molar-refractivity contribution in [3.05, 3.63) is 28.8 Å². The maximum Gasteiger partial charge on any atom is 0.122 e. The maximum absolute atomic E-state index is 6.32. The molecule has 0 bridgehead atoms. The van der Waals surface area contributed by atoms with Crippen LogP contribution < -0.4 is 16.2 Å². The molecule has 0 aliphatic rings. The fourth-order valence-corrected chi connectivity index (χ4v) is 1.91. The van der Waals surface area contributed by atoms with Crippen LogP contribution in [0.25, 0.3) is 0 Å². The summed E-state index contributed by atoms with van der Waals surface area (Å²) in [5, 5.41) is 0. The first-order chi connectivity index (χ1) is 7.83. The van der Waals surface area contributed by atoms with Crippen LogP contribution in [-0.2, 0) is 0 Å². The highest BCUT2D eigenvalue weighted by Gasteiger charge is 2.27. The summed E-state index contributed by atoms with van der Waals surface area (Å²) >= 11 is 0. The van der Waals surface area contributed by atoms with Crippen LogP contribution in [0.3, 0.4) is 0 Å². The molecule has 1 aromatic rings. The summed E-state index contributed by atoms with van der Waals surface area (Å²) in [6.07, 6.45) is 0. The minimum absolute atomic E-state index is 0.0582. The van der Waals surface area contributed by atoms with Gasteiger partial charge in [0.2, 0.25) is 0 Å². The highest BCUT2D eigenvalue weighted by atomic mass is 16.5. The summed E-state index contributed by atoms with van der Waals surface area (Å²) in [5.41, 5.74) is 15.4. The van der Waals surface area contributed by atoms with Crippen molar-refractivity contribution in [1.82, 2.24) is 0 Å². The molecule has 17 heavy (non-hydrogen) atoms. The average Bonchev–Trinajstić information content (AvgIpc) is 2.30. The van der Waals surface area contributed by atoms with Crippen molar-refractivity contribution in [2.75, 3.05) is 13.7 Å². The molecule has 0 amide bonds. The van der Waals surface area contributed by atoms with Crippen LogP contribution in [-0.4, -0.2) is 13.7 Å². The molecular weight excluding hydrogens is 212 g/mol. The van der Waals surface area contributed by atoms with Crippen molar-refractivity contribution in [3.63, 3.8) is 0 Å². The summed E-state index contributed by atoms with van der Waals surface area (Å²) < 4.78 is 5.31. The van der Waals surface area contributed by atoms with Crippen LogP contribution in [0, 0.1) is 19.3 Å². The van der Waals surface area contributed by atoms with Gasteiger partial charge >= 0.3 is 0 Å². The highest BCUT2D eigenvalue weighted by molar-refractivity contribution is 5.43. The fourth-order valence-electron chi connectivity index (χ4n) is 1.91. The van der Waals surface area contributed by atoms with Crippen molar-refractivity contribution in [2.24, 2.45) is 16.9 Å². The van der Waals surface area contributed by atoms with Crippen LogP contribution in [0.1, 0.15) is 36.6 Å². The second kappa shape index (κ2) is 5.07. The van der Waals surface area contributed by atoms with Gasteiger partial charge in [0, 0.05) is 6.04 Å². The number of benzene rings is 1. The summed E-state index contributed by atoms with van der Waals surface area (Å²) in [7, 11) is 1.69. The van der Waals surface area contributed by atoms with Gasteiger partial charge < -0.3 is 16.2 Å². The predicted molar refractivity (Wildman–Crippen MR) is 72.2 cm³/mol. The van der Waals surface area contributed by atoms with Crippen molar-refractivity contribution in [3.8, 4) is 5.75 Å². The lowest BCUT2D eigenvalue weighted by molar-refractivity contribution is 0.300. The summed E-state index contributed by atoms with van der Waals surface area (Å²) in [6.45, 7) is 8.85. The Hall–Kier alpha value is -1.06. The molecule has 4 N–H and O–H groups in total. The van der Waals surface area contributed by atoms with Gasteiger partial charge in [-0.25, -0.2) is 0 Å². The largest absolute Gasteiger partial charge is 0.496 e. The number of ether oxygens (including phenoxy) is 1. The van der Waals surface area contributed by atoms with Crippen LogP contribution >= 0.6 is 0 Å². The third kappa shape index (κ3) is 2.79. The first-order valence-electron chi connectivity index (χ1n) is 5.94. The molecule has 1 aromatic carbocycles. The van der Waals surface area contributed by atoms with E-state index >= 15 is 0 Å². The van der Waals surface area contributed by atoms with E-state index in [0.29, 0.717) is 6.54 Å². The van der Waals surface area contributed by atoms with E-state index in [9.17, 15) is 0 Å². The van der Waals surface area contributed by atoms with Gasteiger partial charge in [-0.2, -0.15) is 0 Å². The van der Waals surface area contributed by atoms with Crippen molar-refractivity contribution in [1.29, 1.82) is 0 Å². The van der Waals surface area contributed by atoms with E-state index < -0.39 is 0 Å². The van der Waals surface area contributed by atoms with Gasteiger partial charge in [-0.15, -0.1) is 0 Å². The predicted octanol–water partition coefficient (Wildman–Crippen LogP) is 2.30. The Bertz CT molecular complexity index is 399. The number of aryl methyl sites for hydroxylation is 2. The number of methoxy groups -OCH3 is 1. The maximum atomic E-state index is 6.32. The van der Waals surface area contributed by atoms with Gasteiger partial charge in [0.25, 0.3) is 0 Å². The molecule has 0 spiro atoms. The third-order valence-corrected chi connectivity index (χ3v) is 3.49. The Labute approximate surface area is 104 Å². The molecule has 3 heteroatoms. The molecule has 0 saturated carbocycles. The zero-order valence-corrected chi connectivity index (χ0v) is 11.5. The molecule has 0 heterocycles. The lowest BCUT2D eigenvalue weighted by atomic mass is 9.79. The molecule has 0 saturated heterocycles. The van der Waals surface area contributed by atoms with Crippen molar-refractivity contribution in [2.45, 2.75) is 33.7 Å². The summed E-state index contributed by atoms with van der Waals surface area (Å²) in [6, 6.07) is 4.09. The Morgan fingerprint density at radius 2 is 1.82 bits per heavy atom. The van der Waals surface area contributed by atoms with Gasteiger partial charge in [0.05, 0.1) is 7.11 Å². The normalized spacial score (nSPS) is 13.6. The smallest absolute Gasteiger partial charge is 0.122 e. The number of nitrogens with two attached hydrogens (primary N) is 2. The molecule has 96 valence electrons. The quantitative estimate of drug-likeness (QED) is 0.843. The Morgan fingerprint density at radius 1 is 1.24 bits per heavy atom. The molecule has 1 atom stereocenters. The molecule has 0 radical (unpaired) electrons. The van der Waals surface area contributed by atoms with E-state index in [-0.39, 0.29) is 11.5 Å². The van der Waals surface area contributed by atoms with E-state index in [1.165, 1.54) is 0 Å². The third-order valence-electron chi connectivity index (χ3n) is 3.49. The number of hydrogen-bond donors (Lipinski definition) is 2. The van der Waals surface area contributed by atoms with E-state index in [2.05, 4.69) is 26.8 Å². The van der Waals surface area contributed by atoms with Crippen LogP contribution in [0.2, 0.25) is 0 Å². The first kappa shape index (κ1) is 14.0. The minimum Gasteiger partial charge on any atom is -0.496 e. The fraction of sp³-hybridized carbons (Fsp3) is 0.571. The van der Waals surface area contributed by atoms with Gasteiger partial charge in [0.1, 0.15) is 5.75 Å². The van der Waals surface area contributed by atoms with Gasteiger partial charge in [-0.3, -0.25) is 0 Å². The average molecular weight is 236 g/mol. The summed E-state index contributed by atoms with van der Waals surface area (Å²) in [4.78, 5) is 0. The SMILES string of the molecule is COc1cc(C)c(C(N)C(C)(C)CN)cc1C. The molecular formula is C14H24N2O. The second-order valence-corrected chi connectivity index (χ2v) is 5.35. The van der Waals surface area contributed by atoms with Crippen molar-refractivity contribution >= 4 is 0 Å². The van der Waals surface area contributed by atoms with Crippen molar-refractivity contribution < 1.29 is 4.74 Å². The molecule has 0 aromatic heterocycles. The van der Waals surface area contributed by atoms with Crippen LogP contribution in [0.4, 0.5) is 0 Å². The molecule has 1 unspecified atom stereocenters. The first-order valence-corrected chi connectivity index (χ1v) is 5.94. The zero-order chi connectivity index (χ0) is 13.2. The van der Waals surface area contributed by atoms with E-state index in [4.69, 9.17) is 16.2 Å². The van der Waals surface area contributed by atoms with E-state index in [1.807, 2.05) is 13.0 Å². The molecule has 0 fully saturated rings. The highest BCUT2D eigenvalue weighted by Crippen LogP contribution is 2.34. The Kier molecular flexibility index (Phi) is 4.17. The lowest BCUT2D eigenvalue weighted by Gasteiger charge is -2.32. The zero-order valence-electron chi connectivity index (χ0n) is 11.5. The lowest BCUT2D eigenvalue weighted by Crippen LogP contribution is -2.36. The van der Waals surface area contributed by atoms with Gasteiger partial charge in [-0.1, -0.05) is 19.9 Å². The molecule has 3 nitrogen and oxygen atoms in total.